The number of hydrogen-bond acceptors (Lipinski definition) is 4. The van der Waals surface area contributed by atoms with Crippen LogP contribution in [-0.4, -0.2) is 12.0 Å². The number of nitrogens with zero attached hydrogens (tertiary/aromatic N) is 1. The van der Waals surface area contributed by atoms with Crippen LogP contribution in [0, 0.1) is 10.1 Å². The first kappa shape index (κ1) is 14.0. The maximum atomic E-state index is 10.5. The second kappa shape index (κ2) is 6.68. The van der Waals surface area contributed by atoms with Crippen LogP contribution in [-0.2, 0) is 18.0 Å². The van der Waals surface area contributed by atoms with Gasteiger partial charge in [0.25, 0.3) is 5.69 Å². The number of rotatable bonds is 6. The lowest BCUT2D eigenvalue weighted by Gasteiger charge is -2.07. The highest BCUT2D eigenvalue weighted by molar-refractivity contribution is 5.33. The van der Waals surface area contributed by atoms with Gasteiger partial charge in [-0.25, -0.2) is 0 Å². The Kier molecular flexibility index (Phi) is 4.68. The molecule has 20 heavy (non-hydrogen) atoms. The van der Waals surface area contributed by atoms with E-state index in [4.69, 9.17) is 9.47 Å². The number of methoxy groups -OCH3 is 1. The molecule has 0 amide bonds. The molecular formula is C15H15NO4. The highest BCUT2D eigenvalue weighted by Crippen LogP contribution is 2.16. The molecular weight excluding hydrogens is 258 g/mol. The number of ether oxygens (including phenoxy) is 2. The molecule has 2 aromatic carbocycles. The van der Waals surface area contributed by atoms with Crippen molar-refractivity contribution in [2.24, 2.45) is 0 Å². The van der Waals surface area contributed by atoms with Gasteiger partial charge >= 0.3 is 0 Å². The summed E-state index contributed by atoms with van der Waals surface area (Å²) >= 11 is 0. The molecule has 0 aliphatic rings. The summed E-state index contributed by atoms with van der Waals surface area (Å²) in [6, 6.07) is 14.0. The molecule has 0 fully saturated rings. The predicted octanol–water partition coefficient (Wildman–Crippen LogP) is 3.32. The molecule has 5 heteroatoms. The van der Waals surface area contributed by atoms with Crippen molar-refractivity contribution >= 4 is 5.69 Å². The van der Waals surface area contributed by atoms with Crippen molar-refractivity contribution in [1.82, 2.24) is 0 Å². The Morgan fingerprint density at radius 3 is 2.05 bits per heavy atom. The molecule has 0 aliphatic carbocycles. The summed E-state index contributed by atoms with van der Waals surface area (Å²) in [6.45, 7) is 0.949. The standard InChI is InChI=1S/C15H15NO4/c1-19-10-12-4-8-15(9-5-12)20-11-13-2-6-14(7-3-13)16(17)18/h2-9H,10-11H2,1H3. The first-order valence-corrected chi connectivity index (χ1v) is 6.13. The Balaban J connectivity index is 1.92. The average Bonchev–Trinajstić information content (AvgIpc) is 2.47. The predicted molar refractivity (Wildman–Crippen MR) is 74.6 cm³/mol. The summed E-state index contributed by atoms with van der Waals surface area (Å²) in [7, 11) is 1.65. The summed E-state index contributed by atoms with van der Waals surface area (Å²) in [5, 5.41) is 10.5. The minimum Gasteiger partial charge on any atom is -0.489 e. The van der Waals surface area contributed by atoms with Crippen LogP contribution >= 0.6 is 0 Å². The van der Waals surface area contributed by atoms with E-state index in [9.17, 15) is 10.1 Å². The van der Waals surface area contributed by atoms with Gasteiger partial charge in [-0.3, -0.25) is 10.1 Å². The van der Waals surface area contributed by atoms with Crippen LogP contribution < -0.4 is 4.74 Å². The number of hydrogen-bond donors (Lipinski definition) is 0. The summed E-state index contributed by atoms with van der Waals surface area (Å²) in [5.74, 6) is 0.753. The molecule has 0 N–H and O–H groups in total. The average molecular weight is 273 g/mol. The Labute approximate surface area is 116 Å². The van der Waals surface area contributed by atoms with Crippen LogP contribution in [0.4, 0.5) is 5.69 Å². The van der Waals surface area contributed by atoms with Crippen molar-refractivity contribution in [3.8, 4) is 5.75 Å². The topological polar surface area (TPSA) is 61.6 Å². The Hall–Kier alpha value is -2.40. The molecule has 0 aromatic heterocycles. The molecule has 0 radical (unpaired) electrons. The third-order valence-electron chi connectivity index (χ3n) is 2.79. The minimum absolute atomic E-state index is 0.0812. The summed E-state index contributed by atoms with van der Waals surface area (Å²) in [6.07, 6.45) is 0. The van der Waals surface area contributed by atoms with E-state index in [0.29, 0.717) is 13.2 Å². The largest absolute Gasteiger partial charge is 0.489 e. The minimum atomic E-state index is -0.417. The molecule has 2 rings (SSSR count). The summed E-state index contributed by atoms with van der Waals surface area (Å²) < 4.78 is 10.6. The first-order valence-electron chi connectivity index (χ1n) is 6.13. The van der Waals surface area contributed by atoms with Crippen LogP contribution in [0.25, 0.3) is 0 Å². The Morgan fingerprint density at radius 1 is 0.950 bits per heavy atom. The normalized spacial score (nSPS) is 10.2. The van der Waals surface area contributed by atoms with E-state index in [0.717, 1.165) is 16.9 Å². The monoisotopic (exact) mass is 273 g/mol. The van der Waals surface area contributed by atoms with Gasteiger partial charge in [-0.2, -0.15) is 0 Å². The van der Waals surface area contributed by atoms with Crippen LogP contribution in [0.2, 0.25) is 0 Å². The first-order chi connectivity index (χ1) is 9.69. The van der Waals surface area contributed by atoms with E-state index >= 15 is 0 Å². The smallest absolute Gasteiger partial charge is 0.269 e. The van der Waals surface area contributed by atoms with Gasteiger partial charge in [-0.15, -0.1) is 0 Å². The van der Waals surface area contributed by atoms with Gasteiger partial charge in [0.15, 0.2) is 0 Å². The molecule has 104 valence electrons. The zero-order chi connectivity index (χ0) is 14.4. The van der Waals surface area contributed by atoms with Gasteiger partial charge in [0.05, 0.1) is 11.5 Å². The molecule has 0 unspecified atom stereocenters. The molecule has 0 aliphatic heterocycles. The molecule has 0 saturated heterocycles. The fourth-order valence-corrected chi connectivity index (χ4v) is 1.73. The van der Waals surface area contributed by atoms with Crippen LogP contribution in [0.15, 0.2) is 48.5 Å². The molecule has 0 saturated carbocycles. The van der Waals surface area contributed by atoms with E-state index in [1.165, 1.54) is 12.1 Å². The molecule has 0 heterocycles. The molecule has 0 bridgehead atoms. The van der Waals surface area contributed by atoms with Crippen LogP contribution in [0.3, 0.4) is 0 Å². The second-order valence-electron chi connectivity index (χ2n) is 4.29. The SMILES string of the molecule is COCc1ccc(OCc2ccc([N+](=O)[O-])cc2)cc1. The number of non-ortho nitro benzene ring substituents is 1. The van der Waals surface area contributed by atoms with Crippen molar-refractivity contribution in [3.05, 3.63) is 69.8 Å². The van der Waals surface area contributed by atoms with Crippen molar-refractivity contribution in [2.75, 3.05) is 7.11 Å². The van der Waals surface area contributed by atoms with E-state index in [-0.39, 0.29) is 5.69 Å². The molecule has 5 nitrogen and oxygen atoms in total. The maximum Gasteiger partial charge on any atom is 0.269 e. The van der Waals surface area contributed by atoms with Crippen molar-refractivity contribution in [3.63, 3.8) is 0 Å². The lowest BCUT2D eigenvalue weighted by molar-refractivity contribution is -0.384. The van der Waals surface area contributed by atoms with E-state index in [1.54, 1.807) is 19.2 Å². The highest BCUT2D eigenvalue weighted by atomic mass is 16.6. The van der Waals surface area contributed by atoms with Crippen LogP contribution in [0.5, 0.6) is 5.75 Å². The number of benzene rings is 2. The summed E-state index contributed by atoms with van der Waals surface area (Å²) in [5.41, 5.74) is 2.05. The zero-order valence-electron chi connectivity index (χ0n) is 11.1. The van der Waals surface area contributed by atoms with Gasteiger partial charge in [0.2, 0.25) is 0 Å². The van der Waals surface area contributed by atoms with Gasteiger partial charge < -0.3 is 9.47 Å². The van der Waals surface area contributed by atoms with Gasteiger partial charge in [0.1, 0.15) is 12.4 Å². The van der Waals surface area contributed by atoms with Gasteiger partial charge in [-0.1, -0.05) is 12.1 Å². The Morgan fingerprint density at radius 2 is 1.50 bits per heavy atom. The fourth-order valence-electron chi connectivity index (χ4n) is 1.73. The maximum absolute atomic E-state index is 10.5. The molecule has 2 aromatic rings. The van der Waals surface area contributed by atoms with Gasteiger partial charge in [-0.05, 0) is 35.4 Å². The summed E-state index contributed by atoms with van der Waals surface area (Å²) in [4.78, 5) is 10.1. The number of nitro groups is 1. The van der Waals surface area contributed by atoms with Gasteiger partial charge in [0, 0.05) is 19.2 Å². The fraction of sp³-hybridized carbons (Fsp3) is 0.200. The quantitative estimate of drug-likeness (QED) is 0.598. The Bertz CT molecular complexity index is 563. The van der Waals surface area contributed by atoms with Crippen molar-refractivity contribution in [2.45, 2.75) is 13.2 Å². The van der Waals surface area contributed by atoms with E-state index in [2.05, 4.69) is 0 Å². The second-order valence-corrected chi connectivity index (χ2v) is 4.29. The van der Waals surface area contributed by atoms with Crippen LogP contribution in [0.1, 0.15) is 11.1 Å². The molecule has 0 atom stereocenters. The zero-order valence-corrected chi connectivity index (χ0v) is 11.1. The third kappa shape index (κ3) is 3.80. The number of nitro benzene ring substituents is 1. The third-order valence-corrected chi connectivity index (χ3v) is 2.79. The van der Waals surface area contributed by atoms with Crippen molar-refractivity contribution in [1.29, 1.82) is 0 Å². The molecule has 0 spiro atoms. The van der Waals surface area contributed by atoms with E-state index in [1.807, 2.05) is 24.3 Å². The van der Waals surface area contributed by atoms with E-state index < -0.39 is 4.92 Å². The lowest BCUT2D eigenvalue weighted by atomic mass is 10.2. The highest BCUT2D eigenvalue weighted by Gasteiger charge is 2.04. The lowest BCUT2D eigenvalue weighted by Crippen LogP contribution is -1.96. The van der Waals surface area contributed by atoms with Crippen molar-refractivity contribution < 1.29 is 14.4 Å².